The van der Waals surface area contributed by atoms with Gasteiger partial charge in [-0.3, -0.25) is 14.0 Å². The third-order valence-electron chi connectivity index (χ3n) is 5.99. The minimum Gasteiger partial charge on any atom is -0.354 e. The summed E-state index contributed by atoms with van der Waals surface area (Å²) in [5, 5.41) is 0.268. The maximum Gasteiger partial charge on any atom is 0.271 e. The Morgan fingerprint density at radius 3 is 2.66 bits per heavy atom. The van der Waals surface area contributed by atoms with Crippen LogP contribution in [0.3, 0.4) is 0 Å². The van der Waals surface area contributed by atoms with E-state index in [0.29, 0.717) is 23.6 Å². The van der Waals surface area contributed by atoms with Crippen molar-refractivity contribution in [1.82, 2.24) is 13.9 Å². The van der Waals surface area contributed by atoms with Crippen LogP contribution >= 0.6 is 23.9 Å². The van der Waals surface area contributed by atoms with Crippen LogP contribution in [0.15, 0.2) is 15.7 Å². The molecule has 0 spiro atoms. The summed E-state index contributed by atoms with van der Waals surface area (Å²) < 4.78 is 19.6. The number of aromatic nitrogens is 3. The smallest absolute Gasteiger partial charge is 0.271 e. The van der Waals surface area contributed by atoms with Gasteiger partial charge in [-0.05, 0) is 56.6 Å². The van der Waals surface area contributed by atoms with Gasteiger partial charge in [0.05, 0.1) is 5.39 Å². The summed E-state index contributed by atoms with van der Waals surface area (Å²) in [4.78, 5) is 32.1. The Labute approximate surface area is 176 Å². The van der Waals surface area contributed by atoms with Crippen LogP contribution in [0.25, 0.3) is 21.3 Å². The summed E-state index contributed by atoms with van der Waals surface area (Å²) in [6.45, 7) is 5.28. The summed E-state index contributed by atoms with van der Waals surface area (Å²) in [5.41, 5.74) is 5.49. The minimum atomic E-state index is -0.534. The van der Waals surface area contributed by atoms with Crippen molar-refractivity contribution in [3.8, 4) is 0 Å². The topological polar surface area (TPSA) is 97.0 Å². The van der Waals surface area contributed by atoms with Crippen molar-refractivity contribution in [3.63, 3.8) is 0 Å². The van der Waals surface area contributed by atoms with Crippen LogP contribution in [0.5, 0.6) is 0 Å². The highest BCUT2D eigenvalue weighted by Gasteiger charge is 2.35. The molecule has 0 amide bonds. The predicted molar refractivity (Wildman–Crippen MR) is 116 cm³/mol. The number of hydrogen-bond acceptors (Lipinski definition) is 6. The molecule has 156 valence electrons. The Morgan fingerprint density at radius 2 is 2.03 bits per heavy atom. The normalized spacial score (nSPS) is 19.9. The Morgan fingerprint density at radius 1 is 1.31 bits per heavy atom. The summed E-state index contributed by atoms with van der Waals surface area (Å²) in [6, 6.07) is 1.44. The largest absolute Gasteiger partial charge is 0.354 e. The zero-order valence-electron chi connectivity index (χ0n) is 16.2. The third-order valence-corrected chi connectivity index (χ3v) is 6.87. The van der Waals surface area contributed by atoms with Crippen LogP contribution < -0.4 is 21.6 Å². The lowest BCUT2D eigenvalue weighted by atomic mass is 9.88. The number of rotatable bonds is 3. The highest BCUT2D eigenvalue weighted by atomic mass is 35.5. The van der Waals surface area contributed by atoms with E-state index in [-0.39, 0.29) is 46.5 Å². The van der Waals surface area contributed by atoms with Crippen LogP contribution in [-0.2, 0) is 0 Å². The highest BCUT2D eigenvalue weighted by Crippen LogP contribution is 2.40. The average molecular weight is 440 g/mol. The molecule has 1 atom stereocenters. The van der Waals surface area contributed by atoms with Gasteiger partial charge in [-0.25, -0.2) is 9.37 Å². The van der Waals surface area contributed by atoms with Crippen molar-refractivity contribution >= 4 is 51.0 Å². The van der Waals surface area contributed by atoms with Gasteiger partial charge < -0.3 is 15.2 Å². The number of nitrogens with zero attached hydrogens (tertiary/aromatic N) is 3. The molecule has 3 aromatic heterocycles. The average Bonchev–Trinajstić information content (AvgIpc) is 3.19. The lowest BCUT2D eigenvalue weighted by Crippen LogP contribution is -2.42. The van der Waals surface area contributed by atoms with Crippen molar-refractivity contribution in [2.24, 2.45) is 11.7 Å². The van der Waals surface area contributed by atoms with Gasteiger partial charge in [0.15, 0.2) is 11.6 Å². The van der Waals surface area contributed by atoms with Gasteiger partial charge in [0.2, 0.25) is 5.43 Å². The molecule has 10 heteroatoms. The van der Waals surface area contributed by atoms with E-state index in [4.69, 9.17) is 5.73 Å². The molecule has 3 aromatic rings. The van der Waals surface area contributed by atoms with Gasteiger partial charge >= 0.3 is 0 Å². The molecule has 4 heterocycles. The van der Waals surface area contributed by atoms with Gasteiger partial charge in [-0.2, -0.15) is 0 Å². The van der Waals surface area contributed by atoms with Crippen molar-refractivity contribution in [2.45, 2.75) is 44.7 Å². The molecule has 0 radical (unpaired) electrons. The fourth-order valence-corrected chi connectivity index (χ4v) is 5.08. The van der Waals surface area contributed by atoms with E-state index >= 15 is 0 Å². The van der Waals surface area contributed by atoms with Gasteiger partial charge in [-0.15, -0.1) is 12.4 Å². The first-order valence-corrected chi connectivity index (χ1v) is 10.4. The number of anilines is 1. The molecule has 2 aliphatic rings. The first-order valence-electron chi connectivity index (χ1n) is 9.55. The Hall–Kier alpha value is -1.97. The fraction of sp³-hybridized carbons (Fsp3) is 0.526. The van der Waals surface area contributed by atoms with Gasteiger partial charge in [0.1, 0.15) is 15.9 Å². The van der Waals surface area contributed by atoms with E-state index in [0.717, 1.165) is 30.8 Å². The fourth-order valence-electron chi connectivity index (χ4n) is 4.17. The van der Waals surface area contributed by atoms with Gasteiger partial charge in [0, 0.05) is 24.7 Å². The second-order valence-corrected chi connectivity index (χ2v) is 9.36. The Balaban J connectivity index is 0.00000205. The maximum absolute atomic E-state index is 15.0. The molecule has 3 N–H and O–H groups in total. The first kappa shape index (κ1) is 20.3. The molecule has 5 rings (SSSR count). The molecule has 0 unspecified atom stereocenters. The number of nitrogens with two attached hydrogens (primary N) is 1. The van der Waals surface area contributed by atoms with Gasteiger partial charge in [0.25, 0.3) is 5.56 Å². The van der Waals surface area contributed by atoms with E-state index < -0.39 is 16.8 Å². The monoisotopic (exact) mass is 439 g/mol. The number of halogens is 2. The van der Waals surface area contributed by atoms with E-state index in [1.807, 2.05) is 23.3 Å². The Kier molecular flexibility index (Phi) is 4.75. The summed E-state index contributed by atoms with van der Waals surface area (Å²) in [7, 11) is 0. The standard InChI is InChI=1S/C19H22FN5O2S.ClH/c1-19(2,21)9-5-6-24(8-9)16-12(20)7-11-14(26)13-17(27)23-28-18(13)25(10-3-4-10)15(11)22-16;/h7,9-10H,3-6,8,21H2,1-2H3,(H,23,27);1H/t9-;/m1./s1. The first-order chi connectivity index (χ1) is 13.3. The van der Waals surface area contributed by atoms with E-state index in [1.54, 1.807) is 0 Å². The molecule has 1 saturated heterocycles. The van der Waals surface area contributed by atoms with Crippen LogP contribution in [-0.4, -0.2) is 32.6 Å². The van der Waals surface area contributed by atoms with Crippen molar-refractivity contribution in [2.75, 3.05) is 18.0 Å². The van der Waals surface area contributed by atoms with E-state index in [2.05, 4.69) is 9.36 Å². The van der Waals surface area contributed by atoms with Crippen LogP contribution in [0.1, 0.15) is 39.2 Å². The van der Waals surface area contributed by atoms with Gasteiger partial charge in [-0.1, -0.05) is 0 Å². The molecule has 0 aromatic carbocycles. The van der Waals surface area contributed by atoms with Crippen LogP contribution in [0.4, 0.5) is 10.2 Å². The Bertz CT molecular complexity index is 1220. The SMILES string of the molecule is CC(C)(N)[C@@H]1CCN(c2nc3c(cc2F)c(=O)c2c(=O)[nH]sc2n3C2CC2)C1.Cl. The summed E-state index contributed by atoms with van der Waals surface area (Å²) >= 11 is 1.15. The van der Waals surface area contributed by atoms with Crippen LogP contribution in [0, 0.1) is 11.7 Å². The quantitative estimate of drug-likeness (QED) is 0.654. The lowest BCUT2D eigenvalue weighted by Gasteiger charge is -2.27. The summed E-state index contributed by atoms with van der Waals surface area (Å²) in [5.74, 6) is -0.0314. The lowest BCUT2D eigenvalue weighted by molar-refractivity contribution is 0.348. The second-order valence-electron chi connectivity index (χ2n) is 8.56. The maximum atomic E-state index is 15.0. The minimum absolute atomic E-state index is 0. The zero-order chi connectivity index (χ0) is 19.8. The number of hydrogen-bond donors (Lipinski definition) is 2. The molecular formula is C19H23ClFN5O2S. The third kappa shape index (κ3) is 3.15. The molecule has 1 saturated carbocycles. The van der Waals surface area contributed by atoms with Crippen molar-refractivity contribution in [1.29, 1.82) is 0 Å². The van der Waals surface area contributed by atoms with E-state index in [1.165, 1.54) is 6.07 Å². The molecule has 1 aliphatic carbocycles. The number of H-pyrrole nitrogens is 1. The summed E-state index contributed by atoms with van der Waals surface area (Å²) in [6.07, 6.45) is 2.79. The zero-order valence-corrected chi connectivity index (χ0v) is 17.8. The highest BCUT2D eigenvalue weighted by molar-refractivity contribution is 7.12. The van der Waals surface area contributed by atoms with Crippen molar-refractivity contribution < 1.29 is 4.39 Å². The number of fused-ring (bicyclic) bond motifs is 2. The molecule has 29 heavy (non-hydrogen) atoms. The molecule has 7 nitrogen and oxygen atoms in total. The second kappa shape index (κ2) is 6.78. The number of aromatic amines is 1. The predicted octanol–water partition coefficient (Wildman–Crippen LogP) is 2.76. The van der Waals surface area contributed by atoms with Crippen molar-refractivity contribution in [3.05, 3.63) is 32.5 Å². The van der Waals surface area contributed by atoms with E-state index in [9.17, 15) is 14.0 Å². The van der Waals surface area contributed by atoms with Crippen LogP contribution in [0.2, 0.25) is 0 Å². The molecule has 1 aliphatic heterocycles. The molecule has 0 bridgehead atoms. The molecular weight excluding hydrogens is 417 g/mol. The number of nitrogens with one attached hydrogen (secondary N) is 1. The number of pyridine rings is 2. The molecule has 2 fully saturated rings.